The maximum atomic E-state index is 5.76. The second-order valence-corrected chi connectivity index (χ2v) is 4.53. The van der Waals surface area contributed by atoms with Gasteiger partial charge in [0.15, 0.2) is 0 Å². The van der Waals surface area contributed by atoms with Crippen LogP contribution in [-0.2, 0) is 0 Å². The third kappa shape index (κ3) is 1.77. The van der Waals surface area contributed by atoms with Gasteiger partial charge in [-0.1, -0.05) is 23.2 Å². The molecule has 4 heteroatoms. The van der Waals surface area contributed by atoms with E-state index >= 15 is 0 Å². The van der Waals surface area contributed by atoms with Crippen molar-refractivity contribution >= 4 is 46.3 Å². The zero-order chi connectivity index (χ0) is 6.85. The number of halogens is 2. The molecule has 0 saturated heterocycles. The molecule has 1 aromatic heterocycles. The molecule has 0 aliphatic rings. The number of thioether (sulfide) groups is 1. The summed E-state index contributed by atoms with van der Waals surface area (Å²) in [4.78, 5) is 1.06. The minimum atomic E-state index is 0.754. The van der Waals surface area contributed by atoms with E-state index in [2.05, 4.69) is 0 Å². The van der Waals surface area contributed by atoms with Crippen LogP contribution in [-0.4, -0.2) is 6.26 Å². The Labute approximate surface area is 72.2 Å². The Morgan fingerprint density at radius 3 is 2.44 bits per heavy atom. The van der Waals surface area contributed by atoms with Crippen LogP contribution in [0.2, 0.25) is 8.67 Å². The van der Waals surface area contributed by atoms with E-state index in [0.29, 0.717) is 0 Å². The highest BCUT2D eigenvalue weighted by Gasteiger charge is 2.02. The zero-order valence-electron chi connectivity index (χ0n) is 4.65. The summed E-state index contributed by atoms with van der Waals surface area (Å²) in [6.45, 7) is 0. The molecule has 1 rings (SSSR count). The fourth-order valence-corrected chi connectivity index (χ4v) is 2.88. The van der Waals surface area contributed by atoms with Crippen molar-refractivity contribution < 1.29 is 0 Å². The van der Waals surface area contributed by atoms with Crippen LogP contribution < -0.4 is 0 Å². The molecule has 0 aliphatic heterocycles. The number of thiophene rings is 1. The van der Waals surface area contributed by atoms with Gasteiger partial charge in [-0.15, -0.1) is 23.1 Å². The molecule has 9 heavy (non-hydrogen) atoms. The van der Waals surface area contributed by atoms with Gasteiger partial charge in [-0.05, 0) is 12.3 Å². The first-order valence-electron chi connectivity index (χ1n) is 2.23. The Morgan fingerprint density at radius 1 is 1.56 bits per heavy atom. The van der Waals surface area contributed by atoms with Crippen molar-refractivity contribution in [3.8, 4) is 0 Å². The van der Waals surface area contributed by atoms with Crippen molar-refractivity contribution in [2.45, 2.75) is 4.90 Å². The third-order valence-electron chi connectivity index (χ3n) is 0.845. The highest BCUT2D eigenvalue weighted by molar-refractivity contribution is 7.98. The number of hydrogen-bond donors (Lipinski definition) is 0. The molecule has 1 aromatic rings. The molecule has 1 heterocycles. The maximum absolute atomic E-state index is 5.76. The van der Waals surface area contributed by atoms with Gasteiger partial charge in [0, 0.05) is 4.90 Å². The lowest BCUT2D eigenvalue weighted by Gasteiger charge is -1.85. The van der Waals surface area contributed by atoms with E-state index in [0.717, 1.165) is 13.6 Å². The average Bonchev–Trinajstić information content (AvgIpc) is 2.10. The Balaban J connectivity index is 3.01. The number of rotatable bonds is 1. The normalized spacial score (nSPS) is 10.1. The highest BCUT2D eigenvalue weighted by atomic mass is 35.5. The van der Waals surface area contributed by atoms with E-state index in [4.69, 9.17) is 23.2 Å². The monoisotopic (exact) mass is 198 g/mol. The van der Waals surface area contributed by atoms with E-state index in [9.17, 15) is 0 Å². The molecular weight excluding hydrogens is 195 g/mol. The molecule has 0 unspecified atom stereocenters. The first kappa shape index (κ1) is 7.73. The average molecular weight is 199 g/mol. The summed E-state index contributed by atoms with van der Waals surface area (Å²) in [5, 5.41) is 0. The highest BCUT2D eigenvalue weighted by Crippen LogP contribution is 2.36. The lowest BCUT2D eigenvalue weighted by Crippen LogP contribution is -1.56. The first-order chi connectivity index (χ1) is 4.24. The van der Waals surface area contributed by atoms with Gasteiger partial charge in [0.1, 0.15) is 4.34 Å². The lowest BCUT2D eigenvalue weighted by atomic mass is 10.7. The minimum absolute atomic E-state index is 0.754. The molecule has 0 aliphatic carbocycles. The maximum Gasteiger partial charge on any atom is 0.108 e. The van der Waals surface area contributed by atoms with Crippen molar-refractivity contribution in [1.82, 2.24) is 0 Å². The number of hydrogen-bond acceptors (Lipinski definition) is 2. The van der Waals surface area contributed by atoms with Crippen molar-refractivity contribution in [3.05, 3.63) is 14.7 Å². The predicted octanol–water partition coefficient (Wildman–Crippen LogP) is 3.78. The van der Waals surface area contributed by atoms with Crippen molar-refractivity contribution in [2.24, 2.45) is 0 Å². The molecule has 0 fully saturated rings. The van der Waals surface area contributed by atoms with Crippen molar-refractivity contribution in [3.63, 3.8) is 0 Å². The molecule has 0 aromatic carbocycles. The second kappa shape index (κ2) is 3.15. The van der Waals surface area contributed by atoms with Gasteiger partial charge in [0.05, 0.1) is 4.34 Å². The minimum Gasteiger partial charge on any atom is -0.127 e. The molecule has 0 saturated carbocycles. The van der Waals surface area contributed by atoms with Gasteiger partial charge in [0.2, 0.25) is 0 Å². The summed E-state index contributed by atoms with van der Waals surface area (Å²) in [5.41, 5.74) is 0. The van der Waals surface area contributed by atoms with Crippen LogP contribution in [0.15, 0.2) is 11.0 Å². The van der Waals surface area contributed by atoms with Gasteiger partial charge in [-0.3, -0.25) is 0 Å². The third-order valence-corrected chi connectivity index (χ3v) is 3.34. The van der Waals surface area contributed by atoms with Crippen LogP contribution in [0.1, 0.15) is 0 Å². The van der Waals surface area contributed by atoms with E-state index in [1.807, 2.05) is 12.3 Å². The summed E-state index contributed by atoms with van der Waals surface area (Å²) in [6.07, 6.45) is 1.98. The summed E-state index contributed by atoms with van der Waals surface area (Å²) >= 11 is 14.4. The summed E-state index contributed by atoms with van der Waals surface area (Å²) in [5.74, 6) is 0. The molecule has 0 radical (unpaired) electrons. The van der Waals surface area contributed by atoms with Crippen molar-refractivity contribution in [1.29, 1.82) is 0 Å². The molecular formula is C5H4Cl2S2. The summed E-state index contributed by atoms with van der Waals surface area (Å²) < 4.78 is 1.54. The summed E-state index contributed by atoms with van der Waals surface area (Å²) in [7, 11) is 0. The smallest absolute Gasteiger partial charge is 0.108 e. The van der Waals surface area contributed by atoms with Crippen LogP contribution in [0.4, 0.5) is 0 Å². The van der Waals surface area contributed by atoms with Crippen molar-refractivity contribution in [2.75, 3.05) is 6.26 Å². The fraction of sp³-hybridized carbons (Fsp3) is 0.200. The standard InChI is InChI=1S/C5H4Cl2S2/c1-8-3-2-4(6)9-5(3)7/h2H,1H3. The molecule has 0 nitrogen and oxygen atoms in total. The quantitative estimate of drug-likeness (QED) is 0.620. The van der Waals surface area contributed by atoms with Gasteiger partial charge < -0.3 is 0 Å². The second-order valence-electron chi connectivity index (χ2n) is 1.39. The van der Waals surface area contributed by atoms with E-state index in [1.165, 1.54) is 11.3 Å². The Hall–Kier alpha value is 0.630. The lowest BCUT2D eigenvalue weighted by molar-refractivity contribution is 1.60. The molecule has 0 N–H and O–H groups in total. The Kier molecular flexibility index (Phi) is 2.71. The van der Waals surface area contributed by atoms with Crippen LogP contribution >= 0.6 is 46.3 Å². The summed E-state index contributed by atoms with van der Waals surface area (Å²) in [6, 6.07) is 1.87. The van der Waals surface area contributed by atoms with E-state index < -0.39 is 0 Å². The Morgan fingerprint density at radius 2 is 2.22 bits per heavy atom. The van der Waals surface area contributed by atoms with E-state index in [-0.39, 0.29) is 0 Å². The van der Waals surface area contributed by atoms with Gasteiger partial charge >= 0.3 is 0 Å². The first-order valence-corrected chi connectivity index (χ1v) is 5.02. The van der Waals surface area contributed by atoms with Crippen LogP contribution in [0.25, 0.3) is 0 Å². The molecule has 50 valence electrons. The SMILES string of the molecule is CSc1cc(Cl)sc1Cl. The van der Waals surface area contributed by atoms with Crippen LogP contribution in [0.3, 0.4) is 0 Å². The topological polar surface area (TPSA) is 0 Å². The molecule has 0 spiro atoms. The molecule has 0 amide bonds. The van der Waals surface area contributed by atoms with E-state index in [1.54, 1.807) is 11.8 Å². The molecule has 0 atom stereocenters. The van der Waals surface area contributed by atoms with Crippen LogP contribution in [0, 0.1) is 0 Å². The Bertz CT molecular complexity index is 207. The van der Waals surface area contributed by atoms with Gasteiger partial charge in [-0.25, -0.2) is 0 Å². The fourth-order valence-electron chi connectivity index (χ4n) is 0.464. The zero-order valence-corrected chi connectivity index (χ0v) is 7.79. The molecule has 0 bridgehead atoms. The van der Waals surface area contributed by atoms with Gasteiger partial charge in [-0.2, -0.15) is 0 Å². The van der Waals surface area contributed by atoms with Gasteiger partial charge in [0.25, 0.3) is 0 Å². The van der Waals surface area contributed by atoms with Crippen LogP contribution in [0.5, 0.6) is 0 Å². The largest absolute Gasteiger partial charge is 0.127 e. The predicted molar refractivity (Wildman–Crippen MR) is 46.1 cm³/mol.